The van der Waals surface area contributed by atoms with Gasteiger partial charge in [-0.1, -0.05) is 53.2 Å². The lowest BCUT2D eigenvalue weighted by atomic mass is 10.1. The number of nitrogens with zero attached hydrogens (tertiary/aromatic N) is 3. The molecule has 1 N–H and O–H groups in total. The number of amides is 1. The number of carbonyl (C=O) groups excluding carboxylic acids is 1. The predicted molar refractivity (Wildman–Crippen MR) is 122 cm³/mol. The van der Waals surface area contributed by atoms with Crippen molar-refractivity contribution < 1.29 is 9.53 Å². The monoisotopic (exact) mass is 462 g/mol. The molecule has 1 heterocycles. The quantitative estimate of drug-likeness (QED) is 0.353. The number of methoxy groups -OCH3 is 1. The fourth-order valence-electron chi connectivity index (χ4n) is 2.75. The van der Waals surface area contributed by atoms with E-state index in [0.717, 1.165) is 17.1 Å². The molecule has 30 heavy (non-hydrogen) atoms. The molecule has 1 amide bonds. The van der Waals surface area contributed by atoms with Crippen LogP contribution in [0.25, 0.3) is 0 Å². The Morgan fingerprint density at radius 1 is 1.20 bits per heavy atom. The molecule has 0 aliphatic heterocycles. The highest BCUT2D eigenvalue weighted by Crippen LogP contribution is 2.24. The van der Waals surface area contributed by atoms with Gasteiger partial charge in [-0.2, -0.15) is 0 Å². The summed E-state index contributed by atoms with van der Waals surface area (Å²) in [7, 11) is 1.64. The van der Waals surface area contributed by atoms with Gasteiger partial charge in [0.15, 0.2) is 5.16 Å². The highest BCUT2D eigenvalue weighted by atomic mass is 35.5. The van der Waals surface area contributed by atoms with Gasteiger partial charge in [0.2, 0.25) is 5.91 Å². The van der Waals surface area contributed by atoms with Crippen LogP contribution in [0.3, 0.4) is 0 Å². The van der Waals surface area contributed by atoms with E-state index >= 15 is 0 Å². The number of nitrogens with one attached hydrogen (secondary N) is 1. The first-order chi connectivity index (χ1) is 14.5. The van der Waals surface area contributed by atoms with Crippen LogP contribution in [0.2, 0.25) is 10.0 Å². The summed E-state index contributed by atoms with van der Waals surface area (Å²) in [5, 5.41) is 12.9. The summed E-state index contributed by atoms with van der Waals surface area (Å²) >= 11 is 13.2. The second-order valence-corrected chi connectivity index (χ2v) is 8.13. The Kier molecular flexibility index (Phi) is 7.79. The average molecular weight is 463 g/mol. The average Bonchev–Trinajstić information content (AvgIpc) is 3.08. The number of carbonyl (C=O) groups is 1. The maximum absolute atomic E-state index is 12.3. The van der Waals surface area contributed by atoms with Crippen LogP contribution in [0.15, 0.2) is 60.3 Å². The Bertz CT molecular complexity index is 1020. The number of ether oxygens (including phenoxy) is 1. The third-order valence-corrected chi connectivity index (χ3v) is 5.51. The van der Waals surface area contributed by atoms with Crippen molar-refractivity contribution in [2.45, 2.75) is 18.1 Å². The number of hydrogen-bond acceptors (Lipinski definition) is 5. The predicted octanol–water partition coefficient (Wildman–Crippen LogP) is 5.10. The molecule has 6 nitrogen and oxygen atoms in total. The minimum Gasteiger partial charge on any atom is -0.497 e. The number of rotatable bonds is 9. The SMILES string of the molecule is C=CCn1c(Cc2ccc(OC)cc2)nnc1SCC(=O)Nc1cc(Cl)cc(Cl)c1. The normalized spacial score (nSPS) is 10.6. The van der Waals surface area contributed by atoms with Crippen molar-refractivity contribution >= 4 is 46.6 Å². The zero-order chi connectivity index (χ0) is 21.5. The van der Waals surface area contributed by atoms with Gasteiger partial charge in [-0.15, -0.1) is 16.8 Å². The first-order valence-electron chi connectivity index (χ1n) is 9.03. The van der Waals surface area contributed by atoms with Gasteiger partial charge < -0.3 is 14.6 Å². The van der Waals surface area contributed by atoms with Gasteiger partial charge >= 0.3 is 0 Å². The van der Waals surface area contributed by atoms with E-state index in [1.54, 1.807) is 31.4 Å². The topological polar surface area (TPSA) is 69.0 Å². The standard InChI is InChI=1S/C21H20Cl2N4O2S/c1-3-8-27-19(9-14-4-6-18(29-2)7-5-14)25-26-21(27)30-13-20(28)24-17-11-15(22)10-16(23)12-17/h3-7,10-12H,1,8-9,13H2,2H3,(H,24,28). The first kappa shape index (κ1) is 22.2. The molecular formula is C21H20Cl2N4O2S. The number of aromatic nitrogens is 3. The molecule has 0 fully saturated rings. The van der Waals surface area contributed by atoms with E-state index in [9.17, 15) is 4.79 Å². The maximum atomic E-state index is 12.3. The highest BCUT2D eigenvalue weighted by Gasteiger charge is 2.14. The molecule has 1 aromatic heterocycles. The van der Waals surface area contributed by atoms with E-state index in [1.807, 2.05) is 28.8 Å². The Balaban J connectivity index is 1.66. The minimum absolute atomic E-state index is 0.169. The van der Waals surface area contributed by atoms with Gasteiger partial charge in [0.1, 0.15) is 11.6 Å². The fourth-order valence-corrected chi connectivity index (χ4v) is 4.04. The number of benzene rings is 2. The Labute approximate surface area is 189 Å². The smallest absolute Gasteiger partial charge is 0.234 e. The van der Waals surface area contributed by atoms with E-state index in [1.165, 1.54) is 11.8 Å². The number of anilines is 1. The molecule has 0 aliphatic carbocycles. The number of hydrogen-bond donors (Lipinski definition) is 1. The maximum Gasteiger partial charge on any atom is 0.234 e. The first-order valence-corrected chi connectivity index (χ1v) is 10.8. The van der Waals surface area contributed by atoms with Crippen LogP contribution in [-0.2, 0) is 17.8 Å². The van der Waals surface area contributed by atoms with E-state index in [0.29, 0.717) is 33.9 Å². The van der Waals surface area contributed by atoms with E-state index in [-0.39, 0.29) is 11.7 Å². The summed E-state index contributed by atoms with van der Waals surface area (Å²) in [6.07, 6.45) is 2.39. The van der Waals surface area contributed by atoms with Crippen molar-refractivity contribution in [3.05, 3.63) is 76.6 Å². The van der Waals surface area contributed by atoms with E-state index in [2.05, 4.69) is 22.1 Å². The van der Waals surface area contributed by atoms with Crippen molar-refractivity contribution in [1.29, 1.82) is 0 Å². The molecule has 3 aromatic rings. The zero-order valence-corrected chi connectivity index (χ0v) is 18.6. The molecule has 0 spiro atoms. The van der Waals surface area contributed by atoms with Crippen LogP contribution in [0.4, 0.5) is 5.69 Å². The van der Waals surface area contributed by atoms with Crippen LogP contribution < -0.4 is 10.1 Å². The van der Waals surface area contributed by atoms with Gasteiger partial charge in [0.05, 0.1) is 12.9 Å². The second-order valence-electron chi connectivity index (χ2n) is 6.32. The Morgan fingerprint density at radius 3 is 2.53 bits per heavy atom. The highest BCUT2D eigenvalue weighted by molar-refractivity contribution is 7.99. The van der Waals surface area contributed by atoms with Crippen molar-refractivity contribution in [3.63, 3.8) is 0 Å². The third kappa shape index (κ3) is 6.01. The zero-order valence-electron chi connectivity index (χ0n) is 16.3. The van der Waals surface area contributed by atoms with Crippen LogP contribution >= 0.6 is 35.0 Å². The van der Waals surface area contributed by atoms with Crippen molar-refractivity contribution in [2.75, 3.05) is 18.2 Å². The Morgan fingerprint density at radius 2 is 1.90 bits per heavy atom. The van der Waals surface area contributed by atoms with E-state index in [4.69, 9.17) is 27.9 Å². The lowest BCUT2D eigenvalue weighted by Crippen LogP contribution is -2.15. The number of halogens is 2. The lowest BCUT2D eigenvalue weighted by Gasteiger charge is -2.09. The summed E-state index contributed by atoms with van der Waals surface area (Å²) in [5.41, 5.74) is 1.63. The van der Waals surface area contributed by atoms with Crippen molar-refractivity contribution in [1.82, 2.24) is 14.8 Å². The number of allylic oxidation sites excluding steroid dienone is 1. The van der Waals surface area contributed by atoms with Gasteiger partial charge in [-0.25, -0.2) is 0 Å². The van der Waals surface area contributed by atoms with Crippen LogP contribution in [0.5, 0.6) is 5.75 Å². The van der Waals surface area contributed by atoms with E-state index < -0.39 is 0 Å². The summed E-state index contributed by atoms with van der Waals surface area (Å²) in [4.78, 5) is 12.3. The van der Waals surface area contributed by atoms with Crippen LogP contribution in [0, 0.1) is 0 Å². The molecule has 0 atom stereocenters. The molecule has 0 saturated heterocycles. The minimum atomic E-state index is -0.191. The number of thioether (sulfide) groups is 1. The molecule has 156 valence electrons. The van der Waals surface area contributed by atoms with Gasteiger partial charge in [-0.3, -0.25) is 4.79 Å². The summed E-state index contributed by atoms with van der Waals surface area (Å²) < 4.78 is 7.14. The van der Waals surface area contributed by atoms with Crippen LogP contribution in [0.1, 0.15) is 11.4 Å². The third-order valence-electron chi connectivity index (χ3n) is 4.11. The van der Waals surface area contributed by atoms with Crippen molar-refractivity contribution in [2.24, 2.45) is 0 Å². The molecule has 3 rings (SSSR count). The summed E-state index contributed by atoms with van der Waals surface area (Å²) in [6, 6.07) is 12.7. The molecule has 0 unspecified atom stereocenters. The lowest BCUT2D eigenvalue weighted by molar-refractivity contribution is -0.113. The Hall–Kier alpha value is -2.48. The molecule has 0 aliphatic rings. The molecule has 0 saturated carbocycles. The molecule has 0 radical (unpaired) electrons. The molecule has 0 bridgehead atoms. The second kappa shape index (κ2) is 10.5. The van der Waals surface area contributed by atoms with Crippen LogP contribution in [-0.4, -0.2) is 33.5 Å². The summed E-state index contributed by atoms with van der Waals surface area (Å²) in [5.74, 6) is 1.57. The molecular weight excluding hydrogens is 443 g/mol. The van der Waals surface area contributed by atoms with Gasteiger partial charge in [0.25, 0.3) is 0 Å². The van der Waals surface area contributed by atoms with Crippen molar-refractivity contribution in [3.8, 4) is 5.75 Å². The van der Waals surface area contributed by atoms with Gasteiger partial charge in [-0.05, 0) is 35.9 Å². The molecule has 2 aromatic carbocycles. The fraction of sp³-hybridized carbons (Fsp3) is 0.190. The summed E-state index contributed by atoms with van der Waals surface area (Å²) in [6.45, 7) is 4.36. The molecule has 9 heteroatoms. The van der Waals surface area contributed by atoms with Gasteiger partial charge in [0, 0.05) is 28.7 Å². The largest absolute Gasteiger partial charge is 0.497 e.